The van der Waals surface area contributed by atoms with Crippen LogP contribution in [0.3, 0.4) is 0 Å². The molecule has 1 aliphatic carbocycles. The van der Waals surface area contributed by atoms with E-state index in [2.05, 4.69) is 23.1 Å². The molecule has 0 saturated carbocycles. The minimum Gasteiger partial charge on any atom is -0.335 e. The minimum atomic E-state index is -0.0895. The number of carbonyl (C=O) groups is 1. The Labute approximate surface area is 154 Å². The van der Waals surface area contributed by atoms with Gasteiger partial charge >= 0.3 is 0 Å². The predicted molar refractivity (Wildman–Crippen MR) is 105 cm³/mol. The van der Waals surface area contributed by atoms with E-state index in [0.717, 1.165) is 29.5 Å². The van der Waals surface area contributed by atoms with Gasteiger partial charge < -0.3 is 9.88 Å². The number of aromatic nitrogens is 2. The van der Waals surface area contributed by atoms with Crippen LogP contribution in [-0.2, 0) is 17.6 Å². The zero-order chi connectivity index (χ0) is 17.8. The molecule has 0 aromatic carbocycles. The molecule has 2 aromatic heterocycles. The summed E-state index contributed by atoms with van der Waals surface area (Å²) >= 11 is 2.88. The highest BCUT2D eigenvalue weighted by atomic mass is 32.2. The molecular formula is C18H21N3O2S2. The van der Waals surface area contributed by atoms with E-state index in [1.54, 1.807) is 28.4 Å². The molecule has 2 aromatic rings. The zero-order valence-electron chi connectivity index (χ0n) is 14.0. The van der Waals surface area contributed by atoms with Crippen LogP contribution < -0.4 is 5.56 Å². The highest BCUT2D eigenvalue weighted by Crippen LogP contribution is 2.34. The molecule has 132 valence electrons. The third-order valence-corrected chi connectivity index (χ3v) is 6.23. The summed E-state index contributed by atoms with van der Waals surface area (Å²) in [5.74, 6) is 0.194. The smallest absolute Gasteiger partial charge is 0.260 e. The zero-order valence-corrected chi connectivity index (χ0v) is 15.7. The first-order valence-electron chi connectivity index (χ1n) is 8.31. The van der Waals surface area contributed by atoms with Crippen LogP contribution in [-0.4, -0.2) is 39.6 Å². The molecule has 2 heterocycles. The van der Waals surface area contributed by atoms with Gasteiger partial charge in [0.05, 0.1) is 11.1 Å². The molecule has 0 fully saturated rings. The summed E-state index contributed by atoms with van der Waals surface area (Å²) in [6.45, 7) is 8.29. The SMILES string of the molecule is C=CCN(CC=C)C(=O)CSc1nc2sc3c(c2c(=O)[nH]1)CCCC3. The Bertz CT molecular complexity index is 859. The number of aromatic amines is 1. The number of carbonyl (C=O) groups excluding carboxylic acids is 1. The standard InChI is InChI=1S/C18H21N3O2S2/c1-3-9-21(10-4-2)14(22)11-24-18-19-16(23)15-12-7-5-6-8-13(12)25-17(15)20-18/h3-4H,1-2,5-11H2,(H,19,20,23). The van der Waals surface area contributed by atoms with Crippen LogP contribution in [0.4, 0.5) is 0 Å². The van der Waals surface area contributed by atoms with E-state index in [0.29, 0.717) is 18.2 Å². The number of aryl methyl sites for hydroxylation is 2. The second kappa shape index (κ2) is 8.01. The largest absolute Gasteiger partial charge is 0.335 e. The molecule has 0 atom stereocenters. The lowest BCUT2D eigenvalue weighted by atomic mass is 9.97. The van der Waals surface area contributed by atoms with Crippen LogP contribution in [0.5, 0.6) is 0 Å². The minimum absolute atomic E-state index is 0.0296. The molecular weight excluding hydrogens is 354 g/mol. The summed E-state index contributed by atoms with van der Waals surface area (Å²) < 4.78 is 0. The number of hydrogen-bond acceptors (Lipinski definition) is 5. The van der Waals surface area contributed by atoms with Gasteiger partial charge in [-0.3, -0.25) is 9.59 Å². The fourth-order valence-electron chi connectivity index (χ4n) is 3.02. The monoisotopic (exact) mass is 375 g/mol. The van der Waals surface area contributed by atoms with Gasteiger partial charge in [0.25, 0.3) is 5.56 Å². The fraction of sp³-hybridized carbons (Fsp3) is 0.389. The lowest BCUT2D eigenvalue weighted by Gasteiger charge is -2.18. The number of nitrogens with one attached hydrogen (secondary N) is 1. The van der Waals surface area contributed by atoms with Crippen LogP contribution >= 0.6 is 23.1 Å². The molecule has 5 nitrogen and oxygen atoms in total. The first-order chi connectivity index (χ1) is 12.1. The average Bonchev–Trinajstić information content (AvgIpc) is 2.98. The van der Waals surface area contributed by atoms with E-state index in [4.69, 9.17) is 0 Å². The van der Waals surface area contributed by atoms with E-state index in [1.165, 1.54) is 28.6 Å². The highest BCUT2D eigenvalue weighted by molar-refractivity contribution is 7.99. The second-order valence-corrected chi connectivity index (χ2v) is 7.97. The Hall–Kier alpha value is -1.86. The molecule has 0 unspecified atom stereocenters. The Balaban J connectivity index is 1.78. The second-order valence-electron chi connectivity index (χ2n) is 5.93. The lowest BCUT2D eigenvalue weighted by Crippen LogP contribution is -2.32. The maximum atomic E-state index is 12.5. The van der Waals surface area contributed by atoms with Gasteiger partial charge in [0.1, 0.15) is 4.83 Å². The van der Waals surface area contributed by atoms with E-state index >= 15 is 0 Å². The molecule has 0 saturated heterocycles. The number of fused-ring (bicyclic) bond motifs is 3. The molecule has 1 amide bonds. The molecule has 0 bridgehead atoms. The van der Waals surface area contributed by atoms with Crippen molar-refractivity contribution in [3.63, 3.8) is 0 Å². The Morgan fingerprint density at radius 2 is 2.00 bits per heavy atom. The first kappa shape index (κ1) is 17.9. The average molecular weight is 376 g/mol. The maximum absolute atomic E-state index is 12.5. The van der Waals surface area contributed by atoms with Crippen molar-refractivity contribution in [2.45, 2.75) is 30.8 Å². The van der Waals surface area contributed by atoms with Crippen LogP contribution in [0.2, 0.25) is 0 Å². The highest BCUT2D eigenvalue weighted by Gasteiger charge is 2.20. The van der Waals surface area contributed by atoms with Crippen LogP contribution in [0.1, 0.15) is 23.3 Å². The van der Waals surface area contributed by atoms with Crippen LogP contribution in [0.15, 0.2) is 35.3 Å². The van der Waals surface area contributed by atoms with Gasteiger partial charge in [0, 0.05) is 18.0 Å². The van der Waals surface area contributed by atoms with E-state index in [9.17, 15) is 9.59 Å². The summed E-state index contributed by atoms with van der Waals surface area (Å²) in [4.78, 5) is 35.9. The van der Waals surface area contributed by atoms with E-state index in [-0.39, 0.29) is 17.2 Å². The number of H-pyrrole nitrogens is 1. The molecule has 0 spiro atoms. The molecule has 1 N–H and O–H groups in total. The van der Waals surface area contributed by atoms with Gasteiger partial charge in [0.15, 0.2) is 5.16 Å². The van der Waals surface area contributed by atoms with Gasteiger partial charge in [-0.05, 0) is 31.2 Å². The van der Waals surface area contributed by atoms with E-state index < -0.39 is 0 Å². The van der Waals surface area contributed by atoms with Crippen molar-refractivity contribution >= 4 is 39.2 Å². The Morgan fingerprint density at radius 3 is 2.72 bits per heavy atom. The van der Waals surface area contributed by atoms with Crippen molar-refractivity contribution in [2.75, 3.05) is 18.8 Å². The summed E-state index contributed by atoms with van der Waals surface area (Å²) in [6, 6.07) is 0. The van der Waals surface area contributed by atoms with Gasteiger partial charge in [0.2, 0.25) is 5.91 Å². The quantitative estimate of drug-likeness (QED) is 0.459. The number of thiophene rings is 1. The van der Waals surface area contributed by atoms with Crippen molar-refractivity contribution in [1.29, 1.82) is 0 Å². The number of hydrogen-bond donors (Lipinski definition) is 1. The van der Waals surface area contributed by atoms with Crippen molar-refractivity contribution in [2.24, 2.45) is 0 Å². The maximum Gasteiger partial charge on any atom is 0.260 e. The van der Waals surface area contributed by atoms with Crippen LogP contribution in [0, 0.1) is 0 Å². The summed E-state index contributed by atoms with van der Waals surface area (Å²) in [7, 11) is 0. The molecule has 1 aliphatic rings. The Kier molecular flexibility index (Phi) is 5.75. The topological polar surface area (TPSA) is 66.1 Å². The lowest BCUT2D eigenvalue weighted by molar-refractivity contribution is -0.127. The van der Waals surface area contributed by atoms with Crippen molar-refractivity contribution in [1.82, 2.24) is 14.9 Å². The summed E-state index contributed by atoms with van der Waals surface area (Å²) in [6.07, 6.45) is 7.68. The van der Waals surface area contributed by atoms with Crippen molar-refractivity contribution in [3.8, 4) is 0 Å². The first-order valence-corrected chi connectivity index (χ1v) is 10.1. The third kappa shape index (κ3) is 3.88. The van der Waals surface area contributed by atoms with E-state index in [1.807, 2.05) is 0 Å². The van der Waals surface area contributed by atoms with Gasteiger partial charge in [-0.15, -0.1) is 24.5 Å². The Morgan fingerprint density at radius 1 is 1.28 bits per heavy atom. The number of nitrogens with zero attached hydrogens (tertiary/aromatic N) is 2. The number of amides is 1. The molecule has 7 heteroatoms. The van der Waals surface area contributed by atoms with Gasteiger partial charge in [-0.25, -0.2) is 4.98 Å². The number of thioether (sulfide) groups is 1. The summed E-state index contributed by atoms with van der Waals surface area (Å²) in [5.41, 5.74) is 1.09. The third-order valence-electron chi connectivity index (χ3n) is 4.19. The van der Waals surface area contributed by atoms with Crippen molar-refractivity contribution in [3.05, 3.63) is 46.1 Å². The number of rotatable bonds is 7. The van der Waals surface area contributed by atoms with Crippen molar-refractivity contribution < 1.29 is 4.79 Å². The fourth-order valence-corrected chi connectivity index (χ4v) is 5.11. The molecule has 3 rings (SSSR count). The predicted octanol–water partition coefficient (Wildman–Crippen LogP) is 3.16. The van der Waals surface area contributed by atoms with Crippen LogP contribution in [0.25, 0.3) is 10.2 Å². The van der Waals surface area contributed by atoms with Gasteiger partial charge in [-0.1, -0.05) is 23.9 Å². The molecule has 0 aliphatic heterocycles. The molecule has 25 heavy (non-hydrogen) atoms. The normalized spacial score (nSPS) is 13.4. The van der Waals surface area contributed by atoms with Gasteiger partial charge in [-0.2, -0.15) is 0 Å². The summed E-state index contributed by atoms with van der Waals surface area (Å²) in [5, 5.41) is 1.25. The molecule has 0 radical (unpaired) electrons.